The van der Waals surface area contributed by atoms with Crippen molar-refractivity contribution in [2.75, 3.05) is 0 Å². The van der Waals surface area contributed by atoms with Gasteiger partial charge in [0, 0.05) is 0 Å². The zero-order chi connectivity index (χ0) is 59.8. The predicted molar refractivity (Wildman–Crippen MR) is 330 cm³/mol. The molecule has 0 radical (unpaired) electrons. The van der Waals surface area contributed by atoms with Gasteiger partial charge in [0.2, 0.25) is 0 Å². The molecule has 0 amide bonds. The highest BCUT2D eigenvalue weighted by Crippen LogP contribution is 2.61. The molecule has 0 saturated heterocycles. The van der Waals surface area contributed by atoms with Crippen LogP contribution in [0.5, 0.6) is 0 Å². The van der Waals surface area contributed by atoms with Crippen LogP contribution in [0.25, 0.3) is 0 Å². The Morgan fingerprint density at radius 1 is 0.195 bits per heavy atom. The Morgan fingerprint density at radius 2 is 0.333 bits per heavy atom. The second kappa shape index (κ2) is 32.4. The molecular weight excluding hydrogens is 1160 g/mol. The van der Waals surface area contributed by atoms with E-state index in [0.717, 1.165) is 5.56 Å². The lowest BCUT2D eigenvalue weighted by Crippen LogP contribution is -2.67. The van der Waals surface area contributed by atoms with Gasteiger partial charge in [0.05, 0.1) is 59.5 Å². The average Bonchev–Trinajstić information content (AvgIpc) is 1.33. The molecule has 9 aromatic carbocycles. The van der Waals surface area contributed by atoms with Crippen molar-refractivity contribution in [2.24, 2.45) is 0 Å². The largest absolute Gasteiger partial charge is 0.475 e. The van der Waals surface area contributed by atoms with E-state index in [1.807, 2.05) is 249 Å². The first-order valence-electron chi connectivity index (χ1n) is 28.6. The first-order chi connectivity index (χ1) is 42.7. The van der Waals surface area contributed by atoms with Crippen LogP contribution < -0.4 is 0 Å². The summed E-state index contributed by atoms with van der Waals surface area (Å²) in [7, 11) is -14.8. The van der Waals surface area contributed by atoms with Gasteiger partial charge in [0.25, 0.3) is 0 Å². The first-order valence-corrected chi connectivity index (χ1v) is 33.0. The van der Waals surface area contributed by atoms with Crippen molar-refractivity contribution in [3.05, 3.63) is 323 Å². The normalized spacial score (nSPS) is 18.1. The van der Waals surface area contributed by atoms with Gasteiger partial charge in [-0.1, -0.05) is 273 Å². The summed E-state index contributed by atoms with van der Waals surface area (Å²) in [6.07, 6.45) is -9.75. The molecule has 9 aromatic rings. The van der Waals surface area contributed by atoms with Gasteiger partial charge in [0.1, 0.15) is 36.6 Å². The summed E-state index contributed by atoms with van der Waals surface area (Å²) < 4.78 is 129. The van der Waals surface area contributed by atoms with Crippen molar-refractivity contribution in [3.8, 4) is 0 Å². The lowest BCUT2D eigenvalue weighted by molar-refractivity contribution is -0.255. The highest BCUT2D eigenvalue weighted by Gasteiger charge is 2.61. The number of phosphoric ester groups is 3. The molecule has 1 fully saturated rings. The SMILES string of the molecule is O=P(OCc1ccccc1)(OCc1ccccc1)O[C@H]1[C@H](OCc2ccccc2)[C@H](OCc2ccccc2)[C@H](OP(=O)(OCc2ccccc2)OCc2ccccc2)[C@@H](OP(=O)(OCc2ccccc2)OCc2ccccc2)[C@@H]1OCc1ccccc1. The summed E-state index contributed by atoms with van der Waals surface area (Å²) in [5, 5.41) is 0. The Morgan fingerprint density at radius 3 is 0.506 bits per heavy atom. The van der Waals surface area contributed by atoms with Crippen LogP contribution in [0, 0.1) is 0 Å². The standard InChI is InChI=1S/C69H69O15P3/c70-85(76-49-58-34-16-4-17-35-58,77-50-59-36-18-5-19-37-59)82-67-64(73-46-55-28-10-1-11-29-55)65(74-47-56-30-12-2-13-31-56)68(83-86(71,78-51-60-38-20-6-21-39-60)79-52-61-40-22-7-23-41-61)69(66(67)75-48-57-32-14-3-15-33-57)84-87(72,80-53-62-42-24-8-25-43-62)81-54-63-44-26-9-27-45-63/h1-45,64-69H,46-54H2/t64-,65+,66-,67+,68+,69+/m1/s1. The molecule has 18 heteroatoms. The third-order valence-electron chi connectivity index (χ3n) is 13.9. The molecule has 0 unspecified atom stereocenters. The number of benzene rings is 9. The molecule has 1 aliphatic carbocycles. The van der Waals surface area contributed by atoms with Gasteiger partial charge in [-0.3, -0.25) is 40.7 Å². The summed E-state index contributed by atoms with van der Waals surface area (Å²) in [5.41, 5.74) is 6.03. The fraction of sp³-hybridized carbons (Fsp3) is 0.217. The molecule has 0 N–H and O–H groups in total. The minimum atomic E-state index is -4.97. The Kier molecular flexibility index (Phi) is 23.6. The molecule has 15 nitrogen and oxygen atoms in total. The Hall–Kier alpha value is -6.81. The predicted octanol–water partition coefficient (Wildman–Crippen LogP) is 16.5. The van der Waals surface area contributed by atoms with Gasteiger partial charge in [-0.25, -0.2) is 13.7 Å². The van der Waals surface area contributed by atoms with E-state index < -0.39 is 60.1 Å². The minimum absolute atomic E-state index is 0.0915. The molecule has 0 heterocycles. The maximum atomic E-state index is 16.2. The molecule has 0 bridgehead atoms. The molecular formula is C69H69O15P3. The van der Waals surface area contributed by atoms with E-state index in [1.165, 1.54) is 0 Å². The number of rotatable bonds is 33. The van der Waals surface area contributed by atoms with Crippen molar-refractivity contribution in [1.29, 1.82) is 0 Å². The summed E-state index contributed by atoms with van der Waals surface area (Å²) in [5.74, 6) is 0. The fourth-order valence-corrected chi connectivity index (χ4v) is 13.5. The lowest BCUT2D eigenvalue weighted by Gasteiger charge is -2.50. The zero-order valence-electron chi connectivity index (χ0n) is 47.8. The summed E-state index contributed by atoms with van der Waals surface area (Å²) in [4.78, 5) is 0. The van der Waals surface area contributed by atoms with Crippen molar-refractivity contribution >= 4 is 23.5 Å². The fourth-order valence-electron chi connectivity index (χ4n) is 9.46. The summed E-state index contributed by atoms with van der Waals surface area (Å²) in [6.45, 7) is -1.82. The van der Waals surface area contributed by atoms with Gasteiger partial charge >= 0.3 is 23.5 Å². The molecule has 10 rings (SSSR count). The number of hydrogen-bond donors (Lipinski definition) is 0. The lowest BCUT2D eigenvalue weighted by atomic mass is 9.84. The molecule has 0 spiro atoms. The molecule has 87 heavy (non-hydrogen) atoms. The average molecular weight is 1230 g/mol. The van der Waals surface area contributed by atoms with E-state index >= 15 is 13.7 Å². The third kappa shape index (κ3) is 19.6. The van der Waals surface area contributed by atoms with Crippen LogP contribution in [0.1, 0.15) is 50.1 Å². The van der Waals surface area contributed by atoms with Crippen LogP contribution in [-0.2, 0) is 128 Å². The minimum Gasteiger partial charge on any atom is -0.368 e. The van der Waals surface area contributed by atoms with E-state index in [1.54, 1.807) is 24.3 Å². The maximum Gasteiger partial charge on any atom is 0.475 e. The number of hydrogen-bond acceptors (Lipinski definition) is 15. The molecule has 0 aromatic heterocycles. The molecule has 6 atom stereocenters. The van der Waals surface area contributed by atoms with Crippen LogP contribution in [0.15, 0.2) is 273 Å². The highest BCUT2D eigenvalue weighted by molar-refractivity contribution is 7.49. The van der Waals surface area contributed by atoms with E-state index in [-0.39, 0.29) is 59.5 Å². The quantitative estimate of drug-likeness (QED) is 0.0357. The van der Waals surface area contributed by atoms with Gasteiger partial charge in [-0.2, -0.15) is 0 Å². The van der Waals surface area contributed by atoms with Crippen LogP contribution in [0.3, 0.4) is 0 Å². The second-order valence-corrected chi connectivity index (χ2v) is 25.3. The molecule has 1 saturated carbocycles. The smallest absolute Gasteiger partial charge is 0.368 e. The van der Waals surface area contributed by atoms with Gasteiger partial charge in [-0.15, -0.1) is 0 Å². The van der Waals surface area contributed by atoms with Gasteiger partial charge < -0.3 is 14.2 Å². The van der Waals surface area contributed by atoms with E-state index in [2.05, 4.69) is 0 Å². The van der Waals surface area contributed by atoms with Crippen LogP contribution >= 0.6 is 23.5 Å². The van der Waals surface area contributed by atoms with E-state index in [0.29, 0.717) is 44.5 Å². The summed E-state index contributed by atoms with van der Waals surface area (Å²) in [6, 6.07) is 82.7. The zero-order valence-corrected chi connectivity index (χ0v) is 50.5. The van der Waals surface area contributed by atoms with Gasteiger partial charge in [-0.05, 0) is 50.1 Å². The van der Waals surface area contributed by atoms with Crippen LogP contribution in [0.2, 0.25) is 0 Å². The number of ether oxygens (including phenoxy) is 3. The van der Waals surface area contributed by atoms with Crippen molar-refractivity contribution < 1.29 is 68.6 Å². The number of phosphoric acid groups is 3. The highest BCUT2D eigenvalue weighted by atomic mass is 31.2. The van der Waals surface area contributed by atoms with E-state index in [9.17, 15) is 0 Å². The molecule has 450 valence electrons. The van der Waals surface area contributed by atoms with Crippen molar-refractivity contribution in [1.82, 2.24) is 0 Å². The molecule has 0 aliphatic heterocycles. The molecule has 1 aliphatic rings. The van der Waals surface area contributed by atoms with Crippen molar-refractivity contribution in [2.45, 2.75) is 96.1 Å². The van der Waals surface area contributed by atoms with Crippen LogP contribution in [0.4, 0.5) is 0 Å². The maximum absolute atomic E-state index is 16.2. The first kappa shape index (κ1) is 63.2. The topological polar surface area (TPSA) is 162 Å². The Labute approximate surface area is 508 Å². The Bertz CT molecular complexity index is 3410. The Balaban J connectivity index is 1.17. The van der Waals surface area contributed by atoms with E-state index in [4.69, 9.17) is 54.9 Å². The van der Waals surface area contributed by atoms with Crippen molar-refractivity contribution in [3.63, 3.8) is 0 Å². The second-order valence-electron chi connectivity index (χ2n) is 20.4. The monoisotopic (exact) mass is 1230 g/mol. The third-order valence-corrected chi connectivity index (χ3v) is 18.1. The summed E-state index contributed by atoms with van der Waals surface area (Å²) >= 11 is 0. The van der Waals surface area contributed by atoms with Crippen LogP contribution in [-0.4, -0.2) is 36.6 Å². The van der Waals surface area contributed by atoms with Gasteiger partial charge in [0.15, 0.2) is 0 Å².